The van der Waals surface area contributed by atoms with Crippen molar-refractivity contribution in [3.05, 3.63) is 0 Å². The molecule has 0 aliphatic carbocycles. The first-order valence-corrected chi connectivity index (χ1v) is 0. The molecule has 3 N–H and O–H groups in total. The van der Waals surface area contributed by atoms with E-state index < -0.39 is 0 Å². The van der Waals surface area contributed by atoms with Gasteiger partial charge in [0.2, 0.25) is 0 Å². The minimum atomic E-state index is 0. The van der Waals surface area contributed by atoms with Gasteiger partial charge in [0.1, 0.15) is 0 Å². The van der Waals surface area contributed by atoms with Crippen molar-refractivity contribution >= 4 is 70.0 Å². The van der Waals surface area contributed by atoms with Crippen molar-refractivity contribution < 1.29 is 0 Å². The van der Waals surface area contributed by atoms with Gasteiger partial charge < -0.3 is 6.15 Å². The third-order valence-corrected chi connectivity index (χ3v) is 0. The zero-order valence-electron chi connectivity index (χ0n) is 2.12. The molecule has 0 aliphatic rings. The Bertz CT molecular complexity index is 8.00. The SMILES string of the molecule is N.[AsH3].[BiH3].[InH3]. The molecule has 30 valence electrons. The van der Waals surface area contributed by atoms with E-state index in [9.17, 15) is 0 Å². The van der Waals surface area contributed by atoms with Crippen LogP contribution in [0.4, 0.5) is 0 Å². The summed E-state index contributed by atoms with van der Waals surface area (Å²) in [6, 6.07) is 0. The van der Waals surface area contributed by atoms with Crippen LogP contribution in [0.5, 0.6) is 0 Å². The third kappa shape index (κ3) is 8.86. The average Bonchev–Trinajstić information content (AvgIpc) is 0. The summed E-state index contributed by atoms with van der Waals surface area (Å²) in [5, 5.41) is 0. The molecule has 0 aromatic heterocycles. The standard InChI is InChI=1S/AsH3.Bi.In.H3N.6H/h1H3;;;1H3;;;;;;. The van der Waals surface area contributed by atoms with Crippen LogP contribution in [-0.4, -0.2) is 70.0 Å². The van der Waals surface area contributed by atoms with Gasteiger partial charge in [-0.3, -0.25) is 0 Å². The molecule has 0 radical (unpaired) electrons. The second-order valence-electron chi connectivity index (χ2n) is 0. The summed E-state index contributed by atoms with van der Waals surface area (Å²) in [5.74, 6) is 0. The second kappa shape index (κ2) is 18.6. The number of hydrogen-bond donors (Lipinski definition) is 1. The molecule has 0 rings (SSSR count). The van der Waals surface area contributed by atoms with Crippen LogP contribution >= 0.6 is 0 Å². The van der Waals surface area contributed by atoms with Crippen LogP contribution in [0.25, 0.3) is 0 Å². The topological polar surface area (TPSA) is 35.0 Å². The van der Waals surface area contributed by atoms with E-state index in [2.05, 4.69) is 0 Å². The minimum absolute atomic E-state index is 0. The Balaban J connectivity index is 0. The summed E-state index contributed by atoms with van der Waals surface area (Å²) in [4.78, 5) is 0. The third-order valence-electron chi connectivity index (χ3n) is 0. The fourth-order valence-electron chi connectivity index (χ4n) is 0. The van der Waals surface area contributed by atoms with Crippen LogP contribution in [0.1, 0.15) is 0 Å². The Labute approximate surface area is 75.1 Å². The maximum atomic E-state index is 0. The predicted molar refractivity (Wildman–Crippen MR) is 34.8 cm³/mol. The van der Waals surface area contributed by atoms with Crippen LogP contribution in [0, 0.1) is 0 Å². The van der Waals surface area contributed by atoms with Crippen molar-refractivity contribution in [1.29, 1.82) is 0 Å². The predicted octanol–water partition coefficient (Wildman–Crippen LogP) is -3.39. The Morgan fingerprint density at radius 3 is 1.00 bits per heavy atom. The molecule has 4 heavy (non-hydrogen) atoms. The molecule has 1 atom stereocenters. The molecule has 0 aromatic rings. The average molecular weight is 425 g/mol. The van der Waals surface area contributed by atoms with Crippen LogP contribution in [0.2, 0.25) is 0 Å². The molecule has 0 aromatic carbocycles. The van der Waals surface area contributed by atoms with Crippen molar-refractivity contribution in [2.45, 2.75) is 0 Å². The monoisotopic (exact) mass is 425 g/mol. The summed E-state index contributed by atoms with van der Waals surface area (Å²) in [6.45, 7) is 0. The first-order chi connectivity index (χ1) is 0. The molecule has 0 saturated heterocycles. The summed E-state index contributed by atoms with van der Waals surface area (Å²) < 4.78 is 0. The molecule has 0 saturated carbocycles. The Morgan fingerprint density at radius 2 is 1.00 bits per heavy atom. The Kier molecular flexibility index (Phi) is 157. The normalized spacial score (nSPS) is 0. The van der Waals surface area contributed by atoms with Gasteiger partial charge in [0.05, 0.1) is 0 Å². The quantitative estimate of drug-likeness (QED) is 0.405. The fraction of sp³-hybridized carbons (Fsp3) is 0. The van der Waals surface area contributed by atoms with E-state index in [-0.39, 0.29) is 76.2 Å². The fourth-order valence-corrected chi connectivity index (χ4v) is 0. The van der Waals surface area contributed by atoms with Gasteiger partial charge in [0.15, 0.2) is 0 Å². The molecule has 1 nitrogen and oxygen atoms in total. The van der Waals surface area contributed by atoms with Gasteiger partial charge in [0.25, 0.3) is 0 Å². The van der Waals surface area contributed by atoms with Gasteiger partial charge in [0, 0.05) is 0 Å². The van der Waals surface area contributed by atoms with Gasteiger partial charge in [-0.2, -0.15) is 0 Å². The molecule has 1 unspecified atom stereocenters. The summed E-state index contributed by atoms with van der Waals surface area (Å²) in [7, 11) is 0. The van der Waals surface area contributed by atoms with Crippen molar-refractivity contribution in [2.24, 2.45) is 0 Å². The molecule has 0 bridgehead atoms. The molecule has 0 fully saturated rings. The molecule has 4 heteroatoms. The molecular weight excluding hydrogens is 413 g/mol. The molecular formula is H12AsBiInN. The van der Waals surface area contributed by atoms with Gasteiger partial charge in [-0.1, -0.05) is 0 Å². The van der Waals surface area contributed by atoms with E-state index >= 15 is 0 Å². The van der Waals surface area contributed by atoms with E-state index in [1.165, 1.54) is 0 Å². The van der Waals surface area contributed by atoms with Crippen molar-refractivity contribution in [2.75, 3.05) is 0 Å². The van der Waals surface area contributed by atoms with Crippen LogP contribution in [0.15, 0.2) is 0 Å². The van der Waals surface area contributed by atoms with Crippen molar-refractivity contribution in [3.63, 3.8) is 0 Å². The Morgan fingerprint density at radius 1 is 1.00 bits per heavy atom. The number of rotatable bonds is 0. The van der Waals surface area contributed by atoms with Crippen molar-refractivity contribution in [3.8, 4) is 0 Å². The van der Waals surface area contributed by atoms with E-state index in [0.717, 1.165) is 0 Å². The second-order valence-corrected chi connectivity index (χ2v) is 0. The summed E-state index contributed by atoms with van der Waals surface area (Å²) in [5.41, 5.74) is 0. The van der Waals surface area contributed by atoms with Gasteiger partial charge >= 0.3 is 70.0 Å². The van der Waals surface area contributed by atoms with Gasteiger partial charge in [-0.25, -0.2) is 0 Å². The zero-order valence-corrected chi connectivity index (χ0v) is 10.6. The summed E-state index contributed by atoms with van der Waals surface area (Å²) in [6.07, 6.45) is 0. The maximum absolute atomic E-state index is 0. The van der Waals surface area contributed by atoms with Crippen LogP contribution in [0.3, 0.4) is 0 Å². The first kappa shape index (κ1) is 33.8. The first-order valence-electron chi connectivity index (χ1n) is 0. The van der Waals surface area contributed by atoms with E-state index in [1.807, 2.05) is 0 Å². The van der Waals surface area contributed by atoms with Gasteiger partial charge in [-0.15, -0.1) is 0 Å². The summed E-state index contributed by atoms with van der Waals surface area (Å²) >= 11 is 0. The van der Waals surface area contributed by atoms with E-state index in [1.54, 1.807) is 0 Å². The van der Waals surface area contributed by atoms with Crippen LogP contribution < -0.4 is 6.15 Å². The van der Waals surface area contributed by atoms with Gasteiger partial charge in [-0.05, 0) is 0 Å². The molecule has 0 heterocycles. The van der Waals surface area contributed by atoms with E-state index in [0.29, 0.717) is 0 Å². The Hall–Kier alpha value is 2.27. The van der Waals surface area contributed by atoms with E-state index in [4.69, 9.17) is 0 Å². The number of hydrogen-bond acceptors (Lipinski definition) is 1. The molecule has 0 amide bonds. The zero-order chi connectivity index (χ0) is 0. The molecule has 0 aliphatic heterocycles. The van der Waals surface area contributed by atoms with Crippen molar-refractivity contribution in [1.82, 2.24) is 6.15 Å². The molecule has 0 spiro atoms. The van der Waals surface area contributed by atoms with Crippen LogP contribution in [-0.2, 0) is 0 Å².